The average molecular weight is 179 g/mol. The molecule has 0 spiro atoms. The first-order chi connectivity index (χ1) is 2.94. The highest BCUT2D eigenvalue weighted by Gasteiger charge is 2.09. The fourth-order valence-electron chi connectivity index (χ4n) is 0. The second-order valence-corrected chi connectivity index (χ2v) is 8.75. The van der Waals surface area contributed by atoms with Gasteiger partial charge >= 0.3 is 0 Å². The van der Waals surface area contributed by atoms with E-state index in [0.29, 0.717) is 0 Å². The lowest BCUT2D eigenvalue weighted by molar-refractivity contribution is 0.602. The van der Waals surface area contributed by atoms with Crippen molar-refractivity contribution < 1.29 is 0 Å². The maximum absolute atomic E-state index is 5.36. The van der Waals surface area contributed by atoms with Crippen molar-refractivity contribution in [1.82, 2.24) is 4.78 Å². The van der Waals surface area contributed by atoms with Gasteiger partial charge in [-0.25, -0.2) is 0 Å². The van der Waals surface area contributed by atoms with Gasteiger partial charge in [0.25, 0.3) is 0 Å². The molecule has 0 saturated carbocycles. The number of rotatable bonds is 1. The van der Waals surface area contributed by atoms with Gasteiger partial charge in [0.15, 0.2) is 4.89 Å². The predicted octanol–water partition coefficient (Wildman–Crippen LogP) is 1.49. The monoisotopic (exact) mass is 178 g/mol. The first-order valence-electron chi connectivity index (χ1n) is 1.43. The Balaban J connectivity index is 3.80. The molecule has 0 aliphatic heterocycles. The van der Waals surface area contributed by atoms with Crippen LogP contribution in [0.5, 0.6) is 0 Å². The summed E-state index contributed by atoms with van der Waals surface area (Å²) in [5, 5.41) is 0. The van der Waals surface area contributed by atoms with E-state index in [1.165, 1.54) is 0 Å². The van der Waals surface area contributed by atoms with E-state index in [1.807, 2.05) is 0 Å². The molecule has 0 aromatic carbocycles. The molecule has 0 aliphatic carbocycles. The molecule has 44 valence electrons. The van der Waals surface area contributed by atoms with Crippen LogP contribution in [0.2, 0.25) is 0 Å². The molecule has 0 radical (unpaired) electrons. The zero-order valence-corrected chi connectivity index (χ0v) is 6.86. The average Bonchev–Trinajstić information content (AvgIpc) is 1.31. The Hall–Kier alpha value is 1.15. The largest absolute Gasteiger partial charge is 0.263 e. The van der Waals surface area contributed by atoms with Crippen molar-refractivity contribution >= 4 is 39.2 Å². The Bertz CT molecular complexity index is 97.9. The Kier molecular flexibility index (Phi) is 3.06. The van der Waals surface area contributed by atoms with E-state index < -0.39 is 4.89 Å². The van der Waals surface area contributed by atoms with Crippen LogP contribution in [-0.4, -0.2) is 11.8 Å². The lowest BCUT2D eigenvalue weighted by Crippen LogP contribution is -2.17. The van der Waals surface area contributed by atoms with Crippen LogP contribution in [0, 0.1) is 0 Å². The molecule has 6 heteroatoms. The minimum atomic E-state index is -2.35. The first-order valence-corrected chi connectivity index (χ1v) is 5.99. The molecule has 0 aliphatic rings. The lowest BCUT2D eigenvalue weighted by atomic mass is 11.5. The Morgan fingerprint density at radius 1 is 1.71 bits per heavy atom. The Morgan fingerprint density at radius 3 is 1.86 bits per heavy atom. The molecular weight excluding hydrogens is 174 g/mol. The summed E-state index contributed by atoms with van der Waals surface area (Å²) in [6.07, 6.45) is 0. The predicted molar refractivity (Wildman–Crippen MR) is 37.9 cm³/mol. The zero-order chi connectivity index (χ0) is 6.08. The third-order valence-corrected chi connectivity index (χ3v) is 3.31. The molecule has 2 nitrogen and oxygen atoms in total. The number of nitrogens with two attached hydrogens (primary N) is 1. The molecule has 0 unspecified atom stereocenters. The molecule has 2 N–H and O–H groups in total. The minimum absolute atomic E-state index is 1.14. The van der Waals surface area contributed by atoms with E-state index >= 15 is 0 Å². The molecule has 0 aromatic rings. The van der Waals surface area contributed by atoms with Gasteiger partial charge in [-0.3, -0.25) is 5.84 Å². The van der Waals surface area contributed by atoms with Crippen molar-refractivity contribution in [2.45, 2.75) is 0 Å². The lowest BCUT2D eigenvalue weighted by Gasteiger charge is -2.11. The molecular formula is CH5Cl2N2PS. The molecule has 0 aromatic heterocycles. The molecule has 0 saturated heterocycles. The highest BCUT2D eigenvalue weighted by atomic mass is 35.9. The second kappa shape index (κ2) is 2.62. The summed E-state index contributed by atoms with van der Waals surface area (Å²) in [4.78, 5) is -2.35. The van der Waals surface area contributed by atoms with Gasteiger partial charge in [0.05, 0.1) is 0 Å². The molecule has 0 fully saturated rings. The summed E-state index contributed by atoms with van der Waals surface area (Å²) in [6.45, 7) is 0. The third-order valence-electron chi connectivity index (χ3n) is 0.367. The fraction of sp³-hybridized carbons (Fsp3) is 1.00. The second-order valence-electron chi connectivity index (χ2n) is 1.01. The Labute approximate surface area is 57.2 Å². The van der Waals surface area contributed by atoms with Crippen LogP contribution in [0.4, 0.5) is 0 Å². The first kappa shape index (κ1) is 8.15. The zero-order valence-electron chi connectivity index (χ0n) is 3.64. The molecule has 0 amide bonds. The van der Waals surface area contributed by atoms with Gasteiger partial charge in [-0.05, 0) is 11.8 Å². The van der Waals surface area contributed by atoms with Gasteiger partial charge in [0, 0.05) is 7.05 Å². The van der Waals surface area contributed by atoms with Crippen LogP contribution in [0.15, 0.2) is 0 Å². The molecule has 0 bridgehead atoms. The topological polar surface area (TPSA) is 29.3 Å². The van der Waals surface area contributed by atoms with Crippen LogP contribution in [-0.2, 0) is 11.8 Å². The van der Waals surface area contributed by atoms with Gasteiger partial charge < -0.3 is 0 Å². The summed E-state index contributed by atoms with van der Waals surface area (Å²) in [5.74, 6) is 5.08. The number of hydrogen-bond acceptors (Lipinski definition) is 2. The highest BCUT2D eigenvalue weighted by molar-refractivity contribution is 8.37. The summed E-state index contributed by atoms with van der Waals surface area (Å²) in [7, 11) is 1.54. The van der Waals surface area contributed by atoms with Crippen LogP contribution in [0.1, 0.15) is 0 Å². The van der Waals surface area contributed by atoms with Gasteiger partial charge in [-0.2, -0.15) is 4.78 Å². The number of hydrazine groups is 1. The summed E-state index contributed by atoms with van der Waals surface area (Å²) in [5.41, 5.74) is 0. The smallest absolute Gasteiger partial charge is 0.196 e. The van der Waals surface area contributed by atoms with Crippen molar-refractivity contribution in [3.63, 3.8) is 0 Å². The highest BCUT2D eigenvalue weighted by Crippen LogP contribution is 2.57. The van der Waals surface area contributed by atoms with E-state index in [-0.39, 0.29) is 0 Å². The van der Waals surface area contributed by atoms with Gasteiger partial charge in [-0.15, -0.1) is 0 Å². The standard InChI is InChI=1S/CH5Cl2N2PS/c1-5(4)6(2,3)7/h4H2,1H3. The molecule has 0 rings (SSSR count). The van der Waals surface area contributed by atoms with Crippen molar-refractivity contribution in [2.24, 2.45) is 5.84 Å². The SMILES string of the molecule is CN(N)P(=S)(Cl)Cl. The van der Waals surface area contributed by atoms with E-state index in [2.05, 4.69) is 11.8 Å². The van der Waals surface area contributed by atoms with Crippen LogP contribution in [0.3, 0.4) is 0 Å². The van der Waals surface area contributed by atoms with Crippen LogP contribution >= 0.6 is 27.4 Å². The quantitative estimate of drug-likeness (QED) is 0.375. The number of halogens is 2. The van der Waals surface area contributed by atoms with Crippen molar-refractivity contribution in [3.8, 4) is 0 Å². The summed E-state index contributed by atoms with van der Waals surface area (Å²) < 4.78 is 1.14. The maximum atomic E-state index is 5.36. The maximum Gasteiger partial charge on any atom is 0.196 e. The van der Waals surface area contributed by atoms with E-state index in [4.69, 9.17) is 28.3 Å². The van der Waals surface area contributed by atoms with Crippen molar-refractivity contribution in [1.29, 1.82) is 0 Å². The summed E-state index contributed by atoms with van der Waals surface area (Å²) in [6, 6.07) is 0. The van der Waals surface area contributed by atoms with Crippen LogP contribution < -0.4 is 5.84 Å². The number of hydrogen-bond donors (Lipinski definition) is 1. The molecule has 0 heterocycles. The normalized spacial score (nSPS) is 12.7. The fourth-order valence-corrected chi connectivity index (χ4v) is 0. The number of nitrogens with zero attached hydrogens (tertiary/aromatic N) is 1. The van der Waals surface area contributed by atoms with E-state index in [0.717, 1.165) is 4.78 Å². The van der Waals surface area contributed by atoms with Crippen molar-refractivity contribution in [2.75, 3.05) is 7.05 Å². The molecule has 0 atom stereocenters. The summed E-state index contributed by atoms with van der Waals surface area (Å²) >= 11 is 15.3. The van der Waals surface area contributed by atoms with E-state index in [9.17, 15) is 0 Å². The third kappa shape index (κ3) is 3.71. The van der Waals surface area contributed by atoms with Gasteiger partial charge in [-0.1, -0.05) is 22.5 Å². The minimum Gasteiger partial charge on any atom is -0.263 e. The van der Waals surface area contributed by atoms with Gasteiger partial charge in [0.2, 0.25) is 0 Å². The van der Waals surface area contributed by atoms with Crippen molar-refractivity contribution in [3.05, 3.63) is 0 Å². The van der Waals surface area contributed by atoms with Gasteiger partial charge in [0.1, 0.15) is 0 Å². The Morgan fingerprint density at radius 2 is 1.86 bits per heavy atom. The molecule has 7 heavy (non-hydrogen) atoms. The van der Waals surface area contributed by atoms with E-state index in [1.54, 1.807) is 7.05 Å². The van der Waals surface area contributed by atoms with Crippen LogP contribution in [0.25, 0.3) is 0 Å².